The molecule has 9 heteroatoms. The molecule has 0 spiro atoms. The standard InChI is InChI=1S/C22H20FN3.C2HF3O2/c23-19-7-9-20(10-8-19)26-22-11-6-17(14-18(22)15-25-26)21(12-13-24)16-4-2-1-3-5-16;3-2(4,5)1(6)7/h1-11,14-15,21H,12-13,24H2;(H,6,7). The van der Waals surface area contributed by atoms with E-state index in [2.05, 4.69) is 47.6 Å². The molecule has 0 bridgehead atoms. The minimum absolute atomic E-state index is 0.250. The lowest BCUT2D eigenvalue weighted by Gasteiger charge is -2.17. The molecule has 3 N–H and O–H groups in total. The molecule has 0 amide bonds. The second-order valence-corrected chi connectivity index (χ2v) is 7.19. The number of nitrogens with zero attached hydrogens (tertiary/aromatic N) is 2. The molecular formula is C24H21F4N3O2. The molecule has 3 aromatic carbocycles. The Kier molecular flexibility index (Phi) is 7.44. The quantitative estimate of drug-likeness (QED) is 0.398. The Bertz CT molecular complexity index is 1210. The van der Waals surface area contributed by atoms with Gasteiger partial charge in [0.15, 0.2) is 0 Å². The monoisotopic (exact) mass is 459 g/mol. The van der Waals surface area contributed by atoms with Crippen molar-refractivity contribution in [3.05, 3.63) is 95.9 Å². The molecule has 4 rings (SSSR count). The number of carbonyl (C=O) groups is 1. The van der Waals surface area contributed by atoms with Crippen molar-refractivity contribution < 1.29 is 27.5 Å². The number of hydrogen-bond donors (Lipinski definition) is 2. The number of benzene rings is 3. The number of alkyl halides is 3. The van der Waals surface area contributed by atoms with Crippen LogP contribution < -0.4 is 5.73 Å². The van der Waals surface area contributed by atoms with Crippen LogP contribution in [0.25, 0.3) is 16.6 Å². The summed E-state index contributed by atoms with van der Waals surface area (Å²) in [6.07, 6.45) is -2.34. The van der Waals surface area contributed by atoms with Gasteiger partial charge < -0.3 is 10.8 Å². The predicted octanol–water partition coefficient (Wildman–Crippen LogP) is 5.28. The van der Waals surface area contributed by atoms with E-state index in [1.165, 1.54) is 23.3 Å². The number of carboxylic acid groups (broad SMARTS) is 1. The minimum Gasteiger partial charge on any atom is -0.475 e. The van der Waals surface area contributed by atoms with Crippen LogP contribution >= 0.6 is 0 Å². The molecule has 0 aliphatic rings. The van der Waals surface area contributed by atoms with E-state index in [1.807, 2.05) is 16.9 Å². The third kappa shape index (κ3) is 5.95. The fourth-order valence-corrected chi connectivity index (χ4v) is 3.43. The third-order valence-electron chi connectivity index (χ3n) is 4.97. The highest BCUT2D eigenvalue weighted by Gasteiger charge is 2.38. The number of carboxylic acids is 1. The zero-order valence-electron chi connectivity index (χ0n) is 17.3. The second kappa shape index (κ2) is 10.3. The van der Waals surface area contributed by atoms with Crippen LogP contribution in [0.3, 0.4) is 0 Å². The number of hydrogen-bond acceptors (Lipinski definition) is 3. The van der Waals surface area contributed by atoms with Crippen molar-refractivity contribution in [2.75, 3.05) is 6.54 Å². The van der Waals surface area contributed by atoms with Crippen LogP contribution in [0.15, 0.2) is 79.0 Å². The maximum absolute atomic E-state index is 13.2. The van der Waals surface area contributed by atoms with Crippen molar-refractivity contribution in [2.45, 2.75) is 18.5 Å². The summed E-state index contributed by atoms with van der Waals surface area (Å²) in [5.41, 5.74) is 10.2. The van der Waals surface area contributed by atoms with E-state index in [-0.39, 0.29) is 11.7 Å². The van der Waals surface area contributed by atoms with E-state index in [0.29, 0.717) is 6.54 Å². The molecule has 5 nitrogen and oxygen atoms in total. The van der Waals surface area contributed by atoms with Gasteiger partial charge in [-0.1, -0.05) is 36.4 Å². The first-order chi connectivity index (χ1) is 15.7. The molecule has 4 aromatic rings. The summed E-state index contributed by atoms with van der Waals surface area (Å²) in [5, 5.41) is 12.7. The molecule has 0 fully saturated rings. The normalized spacial score (nSPS) is 12.2. The summed E-state index contributed by atoms with van der Waals surface area (Å²) in [6, 6.07) is 23.2. The smallest absolute Gasteiger partial charge is 0.475 e. The zero-order valence-corrected chi connectivity index (χ0v) is 17.3. The van der Waals surface area contributed by atoms with E-state index in [4.69, 9.17) is 15.6 Å². The molecule has 33 heavy (non-hydrogen) atoms. The largest absolute Gasteiger partial charge is 0.490 e. The Morgan fingerprint density at radius 3 is 2.21 bits per heavy atom. The van der Waals surface area contributed by atoms with E-state index in [0.717, 1.165) is 23.0 Å². The Balaban J connectivity index is 0.000000383. The molecule has 172 valence electrons. The van der Waals surface area contributed by atoms with Crippen molar-refractivity contribution in [1.82, 2.24) is 9.78 Å². The lowest BCUT2D eigenvalue weighted by Crippen LogP contribution is -2.21. The maximum Gasteiger partial charge on any atom is 0.490 e. The molecular weight excluding hydrogens is 438 g/mol. The summed E-state index contributed by atoms with van der Waals surface area (Å²) >= 11 is 0. The summed E-state index contributed by atoms with van der Waals surface area (Å²) in [6.45, 7) is 0.631. The summed E-state index contributed by atoms with van der Waals surface area (Å²) < 4.78 is 46.7. The van der Waals surface area contributed by atoms with Gasteiger partial charge in [-0.25, -0.2) is 13.9 Å². The molecule has 0 saturated carbocycles. The Hall–Kier alpha value is -3.72. The lowest BCUT2D eigenvalue weighted by molar-refractivity contribution is -0.192. The molecule has 0 aliphatic heterocycles. The second-order valence-electron chi connectivity index (χ2n) is 7.19. The van der Waals surface area contributed by atoms with Gasteiger partial charge in [-0.2, -0.15) is 18.3 Å². The van der Waals surface area contributed by atoms with Crippen LogP contribution in [-0.4, -0.2) is 33.6 Å². The highest BCUT2D eigenvalue weighted by Crippen LogP contribution is 2.30. The van der Waals surface area contributed by atoms with Gasteiger partial charge in [0.1, 0.15) is 5.82 Å². The number of aromatic nitrogens is 2. The summed E-state index contributed by atoms with van der Waals surface area (Å²) in [7, 11) is 0. The van der Waals surface area contributed by atoms with Gasteiger partial charge in [0.2, 0.25) is 0 Å². The molecule has 0 aliphatic carbocycles. The van der Waals surface area contributed by atoms with E-state index in [1.54, 1.807) is 12.1 Å². The van der Waals surface area contributed by atoms with Crippen molar-refractivity contribution in [2.24, 2.45) is 5.73 Å². The number of halogens is 4. The highest BCUT2D eigenvalue weighted by atomic mass is 19.4. The van der Waals surface area contributed by atoms with E-state index < -0.39 is 12.1 Å². The molecule has 0 saturated heterocycles. The summed E-state index contributed by atoms with van der Waals surface area (Å²) in [4.78, 5) is 8.90. The Morgan fingerprint density at radius 1 is 1.00 bits per heavy atom. The van der Waals surface area contributed by atoms with Crippen LogP contribution in [0.1, 0.15) is 23.5 Å². The van der Waals surface area contributed by atoms with Gasteiger partial charge in [-0.05, 0) is 60.5 Å². The first kappa shape index (κ1) is 23.9. The fraction of sp³-hybridized carbons (Fsp3) is 0.167. The zero-order chi connectivity index (χ0) is 24.0. The van der Waals surface area contributed by atoms with Crippen molar-refractivity contribution in [1.29, 1.82) is 0 Å². The Morgan fingerprint density at radius 2 is 1.64 bits per heavy atom. The maximum atomic E-state index is 13.2. The van der Waals surface area contributed by atoms with Crippen LogP contribution in [0.5, 0.6) is 0 Å². The van der Waals surface area contributed by atoms with Gasteiger partial charge in [0, 0.05) is 11.3 Å². The van der Waals surface area contributed by atoms with Crippen molar-refractivity contribution >= 4 is 16.9 Å². The fourth-order valence-electron chi connectivity index (χ4n) is 3.43. The first-order valence-corrected chi connectivity index (χ1v) is 9.99. The Labute approximate surface area is 187 Å². The van der Waals surface area contributed by atoms with E-state index >= 15 is 0 Å². The van der Waals surface area contributed by atoms with Gasteiger partial charge in [0.05, 0.1) is 17.4 Å². The average Bonchev–Trinajstić information content (AvgIpc) is 3.21. The molecule has 1 aromatic heterocycles. The number of nitrogens with two attached hydrogens (primary N) is 1. The molecule has 1 atom stereocenters. The van der Waals surface area contributed by atoms with Gasteiger partial charge in [-0.15, -0.1) is 0 Å². The van der Waals surface area contributed by atoms with Crippen LogP contribution in [-0.2, 0) is 4.79 Å². The van der Waals surface area contributed by atoms with E-state index in [9.17, 15) is 17.6 Å². The number of fused-ring (bicyclic) bond motifs is 1. The summed E-state index contributed by atoms with van der Waals surface area (Å²) in [5.74, 6) is -2.74. The third-order valence-corrected chi connectivity index (χ3v) is 4.97. The first-order valence-electron chi connectivity index (χ1n) is 9.99. The number of rotatable bonds is 5. The van der Waals surface area contributed by atoms with Crippen LogP contribution in [0.2, 0.25) is 0 Å². The molecule has 0 radical (unpaired) electrons. The van der Waals surface area contributed by atoms with Crippen LogP contribution in [0.4, 0.5) is 17.6 Å². The molecule has 1 unspecified atom stereocenters. The highest BCUT2D eigenvalue weighted by molar-refractivity contribution is 5.81. The molecule has 1 heterocycles. The van der Waals surface area contributed by atoms with Crippen molar-refractivity contribution in [3.8, 4) is 5.69 Å². The van der Waals surface area contributed by atoms with Gasteiger partial charge in [-0.3, -0.25) is 0 Å². The van der Waals surface area contributed by atoms with Gasteiger partial charge >= 0.3 is 12.1 Å². The SMILES string of the molecule is NCCC(c1ccccc1)c1ccc2c(cnn2-c2ccc(F)cc2)c1.O=C(O)C(F)(F)F. The average molecular weight is 459 g/mol. The lowest BCUT2D eigenvalue weighted by atomic mass is 9.88. The van der Waals surface area contributed by atoms with Crippen molar-refractivity contribution in [3.63, 3.8) is 0 Å². The van der Waals surface area contributed by atoms with Crippen LogP contribution in [0, 0.1) is 5.82 Å². The minimum atomic E-state index is -5.08. The number of aliphatic carboxylic acids is 1. The van der Waals surface area contributed by atoms with Gasteiger partial charge in [0.25, 0.3) is 0 Å². The topological polar surface area (TPSA) is 81.1 Å². The predicted molar refractivity (Wildman–Crippen MR) is 117 cm³/mol.